The largest absolute Gasteiger partial charge is 0.378 e. The third-order valence-electron chi connectivity index (χ3n) is 4.30. The molecule has 0 aromatic heterocycles. The smallest absolute Gasteiger partial charge is 0.222 e. The summed E-state index contributed by atoms with van der Waals surface area (Å²) in [7, 11) is 0. The molecular formula is C16H21NO2. The molecule has 1 saturated carbocycles. The number of carbonyl (C=O) groups excluding carboxylic acids is 1. The molecule has 2 aliphatic rings. The van der Waals surface area contributed by atoms with Crippen molar-refractivity contribution in [1.29, 1.82) is 0 Å². The van der Waals surface area contributed by atoms with Crippen molar-refractivity contribution in [2.75, 3.05) is 13.2 Å². The van der Waals surface area contributed by atoms with E-state index in [0.29, 0.717) is 6.42 Å². The van der Waals surface area contributed by atoms with Crippen molar-refractivity contribution in [3.8, 4) is 0 Å². The van der Waals surface area contributed by atoms with Crippen LogP contribution in [0.1, 0.15) is 37.7 Å². The highest BCUT2D eigenvalue weighted by molar-refractivity contribution is 5.76. The SMILES string of the molecule is O=C(C[C@H]1CCCO1)NCC1(c2ccccc2)CC1. The average Bonchev–Trinajstić information content (AvgIpc) is 3.08. The molecule has 1 aromatic rings. The number of nitrogens with one attached hydrogen (secondary N) is 1. The summed E-state index contributed by atoms with van der Waals surface area (Å²) >= 11 is 0. The zero-order valence-corrected chi connectivity index (χ0v) is 11.2. The van der Waals surface area contributed by atoms with Gasteiger partial charge in [0.05, 0.1) is 12.5 Å². The molecule has 3 rings (SSSR count). The molecule has 19 heavy (non-hydrogen) atoms. The first-order valence-corrected chi connectivity index (χ1v) is 7.22. The molecule has 1 atom stereocenters. The predicted octanol–water partition coefficient (Wildman–Crippen LogP) is 2.40. The van der Waals surface area contributed by atoms with Crippen LogP contribution in [0.3, 0.4) is 0 Å². The van der Waals surface area contributed by atoms with Crippen LogP contribution < -0.4 is 5.32 Å². The summed E-state index contributed by atoms with van der Waals surface area (Å²) in [6.07, 6.45) is 5.13. The molecule has 3 nitrogen and oxygen atoms in total. The first-order valence-electron chi connectivity index (χ1n) is 7.22. The minimum atomic E-state index is 0.133. The summed E-state index contributed by atoms with van der Waals surface area (Å²) in [4.78, 5) is 11.9. The second-order valence-corrected chi connectivity index (χ2v) is 5.76. The van der Waals surface area contributed by atoms with Gasteiger partial charge in [-0.3, -0.25) is 4.79 Å². The summed E-state index contributed by atoms with van der Waals surface area (Å²) in [5, 5.41) is 3.09. The van der Waals surface area contributed by atoms with E-state index in [1.54, 1.807) is 0 Å². The highest BCUT2D eigenvalue weighted by Gasteiger charge is 2.44. The van der Waals surface area contributed by atoms with Gasteiger partial charge in [-0.05, 0) is 31.2 Å². The lowest BCUT2D eigenvalue weighted by atomic mass is 9.96. The van der Waals surface area contributed by atoms with E-state index in [0.717, 1.165) is 26.0 Å². The van der Waals surface area contributed by atoms with Crippen molar-refractivity contribution in [3.05, 3.63) is 35.9 Å². The lowest BCUT2D eigenvalue weighted by Crippen LogP contribution is -2.34. The van der Waals surface area contributed by atoms with Crippen LogP contribution in [0.25, 0.3) is 0 Å². The molecular weight excluding hydrogens is 238 g/mol. The van der Waals surface area contributed by atoms with Crippen LogP contribution in [-0.4, -0.2) is 25.2 Å². The molecule has 1 amide bonds. The second-order valence-electron chi connectivity index (χ2n) is 5.76. The van der Waals surface area contributed by atoms with Crippen LogP contribution >= 0.6 is 0 Å². The van der Waals surface area contributed by atoms with E-state index in [9.17, 15) is 4.79 Å². The van der Waals surface area contributed by atoms with E-state index in [1.807, 2.05) is 6.07 Å². The molecule has 1 aliphatic heterocycles. The van der Waals surface area contributed by atoms with Crippen molar-refractivity contribution in [2.45, 2.75) is 43.6 Å². The Balaban J connectivity index is 1.50. The molecule has 102 valence electrons. The molecule has 1 saturated heterocycles. The summed E-state index contributed by atoms with van der Waals surface area (Å²) < 4.78 is 5.49. The zero-order chi connectivity index (χ0) is 13.1. The van der Waals surface area contributed by atoms with E-state index in [2.05, 4.69) is 29.6 Å². The first-order chi connectivity index (χ1) is 9.28. The molecule has 0 bridgehead atoms. The van der Waals surface area contributed by atoms with E-state index >= 15 is 0 Å². The Bertz CT molecular complexity index is 433. The lowest BCUT2D eigenvalue weighted by Gasteiger charge is -2.17. The summed E-state index contributed by atoms with van der Waals surface area (Å²) in [6, 6.07) is 10.5. The predicted molar refractivity (Wildman–Crippen MR) is 74.0 cm³/mol. The molecule has 3 heteroatoms. The van der Waals surface area contributed by atoms with Crippen LogP contribution in [0.2, 0.25) is 0 Å². The highest BCUT2D eigenvalue weighted by atomic mass is 16.5. The van der Waals surface area contributed by atoms with Gasteiger partial charge in [0, 0.05) is 18.6 Å². The molecule has 1 aromatic carbocycles. The summed E-state index contributed by atoms with van der Waals surface area (Å²) in [6.45, 7) is 1.58. The van der Waals surface area contributed by atoms with E-state index in [1.165, 1.54) is 18.4 Å². The van der Waals surface area contributed by atoms with E-state index in [4.69, 9.17) is 4.74 Å². The quantitative estimate of drug-likeness (QED) is 0.882. The van der Waals surface area contributed by atoms with Gasteiger partial charge in [0.25, 0.3) is 0 Å². The minimum absolute atomic E-state index is 0.133. The van der Waals surface area contributed by atoms with Crippen molar-refractivity contribution < 1.29 is 9.53 Å². The van der Waals surface area contributed by atoms with Gasteiger partial charge in [-0.1, -0.05) is 30.3 Å². The number of hydrogen-bond donors (Lipinski definition) is 1. The third-order valence-corrected chi connectivity index (χ3v) is 4.30. The monoisotopic (exact) mass is 259 g/mol. The second kappa shape index (κ2) is 5.33. The Hall–Kier alpha value is -1.35. The van der Waals surface area contributed by atoms with Crippen LogP contribution in [0.5, 0.6) is 0 Å². The minimum Gasteiger partial charge on any atom is -0.378 e. The molecule has 2 fully saturated rings. The fourth-order valence-corrected chi connectivity index (χ4v) is 2.86. The molecule has 1 aliphatic carbocycles. The van der Waals surface area contributed by atoms with Gasteiger partial charge in [0.15, 0.2) is 0 Å². The van der Waals surface area contributed by atoms with Gasteiger partial charge in [-0.15, -0.1) is 0 Å². The number of amides is 1. The van der Waals surface area contributed by atoms with Crippen LogP contribution in [0.4, 0.5) is 0 Å². The Kier molecular flexibility index (Phi) is 3.56. The van der Waals surface area contributed by atoms with Gasteiger partial charge in [-0.25, -0.2) is 0 Å². The van der Waals surface area contributed by atoms with Crippen LogP contribution in [-0.2, 0) is 14.9 Å². The van der Waals surface area contributed by atoms with Crippen molar-refractivity contribution >= 4 is 5.91 Å². The van der Waals surface area contributed by atoms with E-state index < -0.39 is 0 Å². The molecule has 0 spiro atoms. The summed E-state index contributed by atoms with van der Waals surface area (Å²) in [5.41, 5.74) is 1.56. The normalized spacial score (nSPS) is 24.1. The number of benzene rings is 1. The maximum Gasteiger partial charge on any atom is 0.222 e. The van der Waals surface area contributed by atoms with Gasteiger partial charge in [-0.2, -0.15) is 0 Å². The van der Waals surface area contributed by atoms with E-state index in [-0.39, 0.29) is 17.4 Å². The van der Waals surface area contributed by atoms with Gasteiger partial charge < -0.3 is 10.1 Å². The third kappa shape index (κ3) is 2.98. The number of ether oxygens (including phenoxy) is 1. The van der Waals surface area contributed by atoms with Gasteiger partial charge in [0.1, 0.15) is 0 Å². The number of rotatable bonds is 5. The average molecular weight is 259 g/mol. The van der Waals surface area contributed by atoms with Gasteiger partial charge >= 0.3 is 0 Å². The Morgan fingerprint density at radius 1 is 1.32 bits per heavy atom. The lowest BCUT2D eigenvalue weighted by molar-refractivity contribution is -0.123. The fraction of sp³-hybridized carbons (Fsp3) is 0.562. The van der Waals surface area contributed by atoms with Gasteiger partial charge in [0.2, 0.25) is 5.91 Å². The Labute approximate surface area is 114 Å². The van der Waals surface area contributed by atoms with Crippen molar-refractivity contribution in [2.24, 2.45) is 0 Å². The molecule has 0 radical (unpaired) electrons. The zero-order valence-electron chi connectivity index (χ0n) is 11.2. The maximum absolute atomic E-state index is 11.9. The van der Waals surface area contributed by atoms with Crippen molar-refractivity contribution in [3.63, 3.8) is 0 Å². The van der Waals surface area contributed by atoms with Crippen LogP contribution in [0, 0.1) is 0 Å². The number of hydrogen-bond acceptors (Lipinski definition) is 2. The Morgan fingerprint density at radius 2 is 2.11 bits per heavy atom. The topological polar surface area (TPSA) is 38.3 Å². The maximum atomic E-state index is 11.9. The first kappa shape index (κ1) is 12.7. The molecule has 1 heterocycles. The standard InChI is InChI=1S/C16H21NO2/c18-15(11-14-7-4-10-19-14)17-12-16(8-9-16)13-5-2-1-3-6-13/h1-3,5-6,14H,4,7-12H2,(H,17,18)/t14-/m1/s1. The highest BCUT2D eigenvalue weighted by Crippen LogP contribution is 2.47. The fourth-order valence-electron chi connectivity index (χ4n) is 2.86. The van der Waals surface area contributed by atoms with Crippen molar-refractivity contribution in [1.82, 2.24) is 5.32 Å². The molecule has 0 unspecified atom stereocenters. The van der Waals surface area contributed by atoms with Crippen LogP contribution in [0.15, 0.2) is 30.3 Å². The number of carbonyl (C=O) groups is 1. The summed E-state index contributed by atoms with van der Waals surface area (Å²) in [5.74, 6) is 0.133. The Morgan fingerprint density at radius 3 is 2.74 bits per heavy atom. The molecule has 1 N–H and O–H groups in total.